The van der Waals surface area contributed by atoms with E-state index in [1.807, 2.05) is 0 Å². The van der Waals surface area contributed by atoms with Gasteiger partial charge < -0.3 is 10.1 Å². The molecule has 11 heteroatoms. The number of aromatic nitrogens is 3. The Morgan fingerprint density at radius 2 is 1.94 bits per heavy atom. The van der Waals surface area contributed by atoms with Crippen LogP contribution in [0, 0.1) is 0 Å². The Morgan fingerprint density at radius 3 is 2.69 bits per heavy atom. The van der Waals surface area contributed by atoms with Crippen molar-refractivity contribution in [1.29, 1.82) is 0 Å². The summed E-state index contributed by atoms with van der Waals surface area (Å²) in [6.45, 7) is 1.08. The van der Waals surface area contributed by atoms with Crippen LogP contribution in [0.15, 0.2) is 36.5 Å². The summed E-state index contributed by atoms with van der Waals surface area (Å²) in [4.78, 5) is 15.6. The number of fused-ring (bicyclic) bond motifs is 2. The highest BCUT2D eigenvalue weighted by Gasteiger charge is 2.49. The summed E-state index contributed by atoms with van der Waals surface area (Å²) in [5.74, 6) is -0.236. The van der Waals surface area contributed by atoms with Gasteiger partial charge in [0, 0.05) is 17.1 Å². The summed E-state index contributed by atoms with van der Waals surface area (Å²) in [6.07, 6.45) is -6.64. The molecule has 0 radical (unpaired) electrons. The molecule has 1 saturated heterocycles. The fourth-order valence-electron chi connectivity index (χ4n) is 4.32. The molecule has 4 heterocycles. The minimum Gasteiger partial charge on any atom is -0.431 e. The first kappa shape index (κ1) is 20.7. The highest BCUT2D eigenvalue weighted by molar-refractivity contribution is 5.97. The standard InChI is InChI=1S/C21H19F4N5O2/c22-20(6-9-26-10-7-20)11-30-14-4-2-1-3-12(14)16(29-30)13-5-8-27-18-15(13)17(21(23,24)25)32-19(31)28-18/h1-5,8,17,26H,6-7,9-11H2,(H,27,28,31)/t17-/m1/s1. The van der Waals surface area contributed by atoms with E-state index in [4.69, 9.17) is 0 Å². The van der Waals surface area contributed by atoms with E-state index >= 15 is 4.39 Å². The van der Waals surface area contributed by atoms with E-state index in [1.165, 1.54) is 16.9 Å². The van der Waals surface area contributed by atoms with Gasteiger partial charge in [-0.25, -0.2) is 14.2 Å². The number of halogens is 4. The molecule has 1 fully saturated rings. The van der Waals surface area contributed by atoms with E-state index in [2.05, 4.69) is 25.5 Å². The van der Waals surface area contributed by atoms with E-state index in [9.17, 15) is 18.0 Å². The number of pyridine rings is 1. The topological polar surface area (TPSA) is 81.1 Å². The molecule has 5 rings (SSSR count). The molecule has 2 N–H and O–H groups in total. The van der Waals surface area contributed by atoms with Crippen molar-refractivity contribution in [2.45, 2.75) is 37.3 Å². The van der Waals surface area contributed by atoms with Crippen LogP contribution in [0.5, 0.6) is 0 Å². The van der Waals surface area contributed by atoms with Crippen molar-refractivity contribution >= 4 is 22.8 Å². The number of nitrogens with zero attached hydrogens (tertiary/aromatic N) is 3. The molecule has 0 aliphatic carbocycles. The number of carbonyl (C=O) groups excluding carboxylic acids is 1. The number of piperidine rings is 1. The monoisotopic (exact) mass is 449 g/mol. The third kappa shape index (κ3) is 3.56. The number of hydrogen-bond acceptors (Lipinski definition) is 5. The van der Waals surface area contributed by atoms with Crippen LogP contribution in [0.2, 0.25) is 0 Å². The molecule has 1 amide bonds. The second-order valence-electron chi connectivity index (χ2n) is 8.00. The molecule has 2 aromatic heterocycles. The van der Waals surface area contributed by atoms with Crippen molar-refractivity contribution in [2.75, 3.05) is 18.4 Å². The molecule has 0 bridgehead atoms. The summed E-state index contributed by atoms with van der Waals surface area (Å²) < 4.78 is 62.8. The van der Waals surface area contributed by atoms with Crippen LogP contribution >= 0.6 is 0 Å². The number of para-hydroxylation sites is 1. The lowest BCUT2D eigenvalue weighted by molar-refractivity contribution is -0.206. The average molecular weight is 449 g/mol. The highest BCUT2D eigenvalue weighted by Crippen LogP contribution is 2.46. The normalized spacial score (nSPS) is 20.5. The molecule has 2 aliphatic rings. The minimum absolute atomic E-state index is 0.0155. The van der Waals surface area contributed by atoms with Crippen LogP contribution in [0.25, 0.3) is 22.2 Å². The van der Waals surface area contributed by atoms with Crippen LogP contribution < -0.4 is 10.6 Å². The first-order chi connectivity index (χ1) is 15.3. The second-order valence-corrected chi connectivity index (χ2v) is 8.00. The molecular weight excluding hydrogens is 430 g/mol. The average Bonchev–Trinajstić information content (AvgIpc) is 3.10. The van der Waals surface area contributed by atoms with E-state index in [0.717, 1.165) is 0 Å². The number of rotatable bonds is 3. The number of cyclic esters (lactones) is 1. The molecule has 0 saturated carbocycles. The first-order valence-electron chi connectivity index (χ1n) is 10.1. The summed E-state index contributed by atoms with van der Waals surface area (Å²) in [7, 11) is 0. The molecular formula is C21H19F4N5O2. The van der Waals surface area contributed by atoms with Crippen molar-refractivity contribution in [1.82, 2.24) is 20.1 Å². The fraction of sp³-hybridized carbons (Fsp3) is 0.381. The summed E-state index contributed by atoms with van der Waals surface area (Å²) >= 11 is 0. The predicted molar refractivity (Wildman–Crippen MR) is 108 cm³/mol. The molecule has 1 aromatic carbocycles. The summed E-state index contributed by atoms with van der Waals surface area (Å²) in [6, 6.07) is 8.37. The van der Waals surface area contributed by atoms with Crippen LogP contribution in [0.1, 0.15) is 24.5 Å². The van der Waals surface area contributed by atoms with Crippen LogP contribution in [0.4, 0.5) is 28.2 Å². The Kier molecular flexibility index (Phi) is 4.81. The zero-order valence-electron chi connectivity index (χ0n) is 16.7. The smallest absolute Gasteiger partial charge is 0.430 e. The van der Waals surface area contributed by atoms with Gasteiger partial charge in [-0.15, -0.1) is 0 Å². The first-order valence-corrected chi connectivity index (χ1v) is 10.1. The molecule has 0 unspecified atom stereocenters. The number of carbonyl (C=O) groups is 1. The largest absolute Gasteiger partial charge is 0.431 e. The van der Waals surface area contributed by atoms with Crippen LogP contribution in [-0.4, -0.2) is 45.8 Å². The minimum atomic E-state index is -4.85. The highest BCUT2D eigenvalue weighted by atomic mass is 19.4. The van der Waals surface area contributed by atoms with Gasteiger partial charge in [-0.05, 0) is 38.1 Å². The van der Waals surface area contributed by atoms with Gasteiger partial charge >= 0.3 is 12.3 Å². The maximum Gasteiger partial charge on any atom is 0.430 e. The van der Waals surface area contributed by atoms with Gasteiger partial charge in [-0.3, -0.25) is 10.00 Å². The summed E-state index contributed by atoms with van der Waals surface area (Å²) in [5.41, 5.74) is -0.836. The van der Waals surface area contributed by atoms with Crippen molar-refractivity contribution in [3.63, 3.8) is 0 Å². The maximum absolute atomic E-state index is 15.4. The Labute approximate surface area is 179 Å². The second kappa shape index (κ2) is 7.44. The molecule has 168 valence electrons. The van der Waals surface area contributed by atoms with Gasteiger partial charge in [0.2, 0.25) is 6.10 Å². The number of anilines is 1. The molecule has 2 aliphatic heterocycles. The van der Waals surface area contributed by atoms with Gasteiger partial charge in [0.1, 0.15) is 17.2 Å². The Hall–Kier alpha value is -3.21. The van der Waals surface area contributed by atoms with Crippen molar-refractivity contribution in [3.8, 4) is 11.3 Å². The summed E-state index contributed by atoms with van der Waals surface area (Å²) in [5, 5.41) is 10.4. The van der Waals surface area contributed by atoms with Crippen LogP contribution in [-0.2, 0) is 11.3 Å². The van der Waals surface area contributed by atoms with E-state index in [-0.39, 0.29) is 29.2 Å². The van der Waals surface area contributed by atoms with Crippen molar-refractivity contribution in [3.05, 3.63) is 42.1 Å². The van der Waals surface area contributed by atoms with Gasteiger partial charge in [0.15, 0.2) is 0 Å². The zero-order valence-corrected chi connectivity index (χ0v) is 16.7. The Balaban J connectivity index is 1.67. The molecule has 7 nitrogen and oxygen atoms in total. The van der Waals surface area contributed by atoms with Crippen molar-refractivity contribution < 1.29 is 27.1 Å². The quantitative estimate of drug-likeness (QED) is 0.581. The maximum atomic E-state index is 15.4. The molecule has 0 spiro atoms. The Morgan fingerprint density at radius 1 is 1.19 bits per heavy atom. The lowest BCUT2D eigenvalue weighted by Crippen LogP contribution is -2.41. The van der Waals surface area contributed by atoms with E-state index < -0.39 is 24.0 Å². The number of amides is 1. The fourth-order valence-corrected chi connectivity index (χ4v) is 4.32. The molecule has 32 heavy (non-hydrogen) atoms. The van der Waals surface area contributed by atoms with E-state index in [1.54, 1.807) is 24.3 Å². The van der Waals surface area contributed by atoms with Gasteiger partial charge in [0.25, 0.3) is 0 Å². The Bertz CT molecular complexity index is 1190. The number of hydrogen-bond donors (Lipinski definition) is 2. The zero-order chi connectivity index (χ0) is 22.5. The lowest BCUT2D eigenvalue weighted by Gasteiger charge is -2.30. The van der Waals surface area contributed by atoms with Gasteiger partial charge in [-0.2, -0.15) is 18.3 Å². The van der Waals surface area contributed by atoms with Crippen molar-refractivity contribution in [2.24, 2.45) is 0 Å². The SMILES string of the molecule is O=C1Nc2nccc(-c3nn(CC4(F)CCNCC4)c4ccccc34)c2[C@H](C(F)(F)F)O1. The van der Waals surface area contributed by atoms with Crippen LogP contribution in [0.3, 0.4) is 0 Å². The number of benzene rings is 1. The van der Waals surface area contributed by atoms with Gasteiger partial charge in [-0.1, -0.05) is 18.2 Å². The number of ether oxygens (including phenoxy) is 1. The third-order valence-corrected chi connectivity index (χ3v) is 5.84. The van der Waals surface area contributed by atoms with E-state index in [0.29, 0.717) is 36.8 Å². The molecule has 1 atom stereocenters. The number of nitrogens with one attached hydrogen (secondary N) is 2. The molecule has 3 aromatic rings. The lowest BCUT2D eigenvalue weighted by atomic mass is 9.94. The number of alkyl halides is 4. The third-order valence-electron chi connectivity index (χ3n) is 5.84. The predicted octanol–water partition coefficient (Wildman–Crippen LogP) is 4.36. The van der Waals surface area contributed by atoms with Gasteiger partial charge in [0.05, 0.1) is 17.6 Å².